The predicted molar refractivity (Wildman–Crippen MR) is 135 cm³/mol. The van der Waals surface area contributed by atoms with Crippen LogP contribution in [0.1, 0.15) is 21.5 Å². The summed E-state index contributed by atoms with van der Waals surface area (Å²) in [7, 11) is 0. The van der Waals surface area contributed by atoms with Gasteiger partial charge in [-0.3, -0.25) is 14.5 Å². The van der Waals surface area contributed by atoms with Crippen molar-refractivity contribution in [3.05, 3.63) is 100 Å². The average molecular weight is 510 g/mol. The molecule has 1 heterocycles. The fourth-order valence-electron chi connectivity index (χ4n) is 4.00. The standard InChI is InChI=1S/C26H25ClFN5O3/c27-20-7-9-22(10-8-20)31-26(36)33-12-11-32(25(35)19-5-2-6-21(28)14-19)24(33)23(34)30-16-18-4-1-3-17(13-18)15-29/h1-10,13-14,24H,11-12,15-16,29H2,(H,30,34)(H,31,36). The fraction of sp³-hybridized carbons (Fsp3) is 0.192. The number of hydrogen-bond acceptors (Lipinski definition) is 4. The maximum Gasteiger partial charge on any atom is 0.323 e. The number of nitrogens with two attached hydrogens (primary N) is 1. The van der Waals surface area contributed by atoms with E-state index in [1.165, 1.54) is 28.0 Å². The van der Waals surface area contributed by atoms with Crippen molar-refractivity contribution >= 4 is 35.1 Å². The number of carbonyl (C=O) groups is 3. The number of hydrogen-bond donors (Lipinski definition) is 3. The highest BCUT2D eigenvalue weighted by Crippen LogP contribution is 2.21. The Bertz CT molecular complexity index is 1270. The molecule has 36 heavy (non-hydrogen) atoms. The van der Waals surface area contributed by atoms with Crippen LogP contribution < -0.4 is 16.4 Å². The molecule has 1 aliphatic rings. The minimum atomic E-state index is -1.23. The van der Waals surface area contributed by atoms with Crippen LogP contribution in [0, 0.1) is 5.82 Å². The van der Waals surface area contributed by atoms with Gasteiger partial charge in [-0.1, -0.05) is 41.9 Å². The lowest BCUT2D eigenvalue weighted by Gasteiger charge is -2.29. The summed E-state index contributed by atoms with van der Waals surface area (Å²) in [6.07, 6.45) is -1.23. The van der Waals surface area contributed by atoms with E-state index in [2.05, 4.69) is 10.6 Å². The molecule has 3 aromatic rings. The van der Waals surface area contributed by atoms with E-state index in [-0.39, 0.29) is 25.2 Å². The predicted octanol–water partition coefficient (Wildman–Crippen LogP) is 3.57. The fourth-order valence-corrected chi connectivity index (χ4v) is 4.13. The lowest BCUT2D eigenvalue weighted by Crippen LogP contribution is -2.54. The van der Waals surface area contributed by atoms with E-state index in [0.717, 1.165) is 17.2 Å². The maximum atomic E-state index is 13.8. The van der Waals surface area contributed by atoms with E-state index in [0.29, 0.717) is 17.3 Å². The van der Waals surface area contributed by atoms with Crippen molar-refractivity contribution in [2.75, 3.05) is 18.4 Å². The van der Waals surface area contributed by atoms with E-state index in [1.807, 2.05) is 24.3 Å². The number of nitrogens with zero attached hydrogens (tertiary/aromatic N) is 2. The highest BCUT2D eigenvalue weighted by atomic mass is 35.5. The second-order valence-corrected chi connectivity index (χ2v) is 8.69. The highest BCUT2D eigenvalue weighted by Gasteiger charge is 2.43. The first-order valence-electron chi connectivity index (χ1n) is 11.3. The number of benzene rings is 3. The number of carbonyl (C=O) groups excluding carboxylic acids is 3. The summed E-state index contributed by atoms with van der Waals surface area (Å²) in [6.45, 7) is 0.752. The Hall–Kier alpha value is -3.95. The number of halogens is 2. The van der Waals surface area contributed by atoms with Gasteiger partial charge in [0.25, 0.3) is 11.8 Å². The van der Waals surface area contributed by atoms with Crippen LogP contribution in [0.4, 0.5) is 14.9 Å². The molecule has 0 saturated carbocycles. The zero-order valence-electron chi connectivity index (χ0n) is 19.3. The van der Waals surface area contributed by atoms with Crippen LogP contribution in [0.5, 0.6) is 0 Å². The summed E-state index contributed by atoms with van der Waals surface area (Å²) < 4.78 is 13.8. The third-order valence-electron chi connectivity index (χ3n) is 5.79. The quantitative estimate of drug-likeness (QED) is 0.472. The molecular weight excluding hydrogens is 485 g/mol. The zero-order valence-corrected chi connectivity index (χ0v) is 20.0. The molecule has 4 N–H and O–H groups in total. The molecule has 3 aromatic carbocycles. The highest BCUT2D eigenvalue weighted by molar-refractivity contribution is 6.30. The molecule has 1 atom stereocenters. The van der Waals surface area contributed by atoms with Crippen LogP contribution in [0.15, 0.2) is 72.8 Å². The van der Waals surface area contributed by atoms with Crippen molar-refractivity contribution in [1.29, 1.82) is 0 Å². The summed E-state index contributed by atoms with van der Waals surface area (Å²) in [4.78, 5) is 42.2. The molecule has 4 rings (SSSR count). The lowest BCUT2D eigenvalue weighted by molar-refractivity contribution is -0.128. The van der Waals surface area contributed by atoms with Crippen LogP contribution >= 0.6 is 11.6 Å². The van der Waals surface area contributed by atoms with Crippen LogP contribution in [-0.2, 0) is 17.9 Å². The Morgan fingerprint density at radius 1 is 0.944 bits per heavy atom. The summed E-state index contributed by atoms with van der Waals surface area (Å²) in [6, 6.07) is 18.6. The van der Waals surface area contributed by atoms with Crippen molar-refractivity contribution in [3.8, 4) is 0 Å². The summed E-state index contributed by atoms with van der Waals surface area (Å²) in [5.41, 5.74) is 8.00. The second-order valence-electron chi connectivity index (χ2n) is 8.25. The first kappa shape index (κ1) is 25.2. The Kier molecular flexibility index (Phi) is 7.82. The summed E-state index contributed by atoms with van der Waals surface area (Å²) >= 11 is 5.91. The van der Waals surface area contributed by atoms with Gasteiger partial charge in [0.15, 0.2) is 6.17 Å². The van der Waals surface area contributed by atoms with Gasteiger partial charge in [0.1, 0.15) is 5.82 Å². The van der Waals surface area contributed by atoms with Crippen molar-refractivity contribution in [2.45, 2.75) is 19.3 Å². The molecule has 0 bridgehead atoms. The lowest BCUT2D eigenvalue weighted by atomic mass is 10.1. The molecule has 1 unspecified atom stereocenters. The maximum absolute atomic E-state index is 13.8. The van der Waals surface area contributed by atoms with Gasteiger partial charge in [0, 0.05) is 42.5 Å². The molecule has 186 valence electrons. The van der Waals surface area contributed by atoms with Crippen molar-refractivity contribution < 1.29 is 18.8 Å². The number of urea groups is 1. The normalized spacial score (nSPS) is 15.0. The topological polar surface area (TPSA) is 108 Å². The van der Waals surface area contributed by atoms with E-state index in [4.69, 9.17) is 17.3 Å². The van der Waals surface area contributed by atoms with Crippen LogP contribution in [0.2, 0.25) is 5.02 Å². The Labute approximate surface area is 212 Å². The third-order valence-corrected chi connectivity index (χ3v) is 6.04. The third kappa shape index (κ3) is 5.81. The smallest absolute Gasteiger partial charge is 0.323 e. The molecule has 0 aliphatic carbocycles. The van der Waals surface area contributed by atoms with E-state index < -0.39 is 29.8 Å². The molecule has 0 aromatic heterocycles. The molecule has 8 nitrogen and oxygen atoms in total. The summed E-state index contributed by atoms with van der Waals surface area (Å²) in [5, 5.41) is 6.05. The van der Waals surface area contributed by atoms with Crippen molar-refractivity contribution in [3.63, 3.8) is 0 Å². The second kappa shape index (κ2) is 11.2. The van der Waals surface area contributed by atoms with Gasteiger partial charge in [-0.25, -0.2) is 9.18 Å². The SMILES string of the molecule is NCc1cccc(CNC(=O)C2N(C(=O)Nc3ccc(Cl)cc3)CCN2C(=O)c2cccc(F)c2)c1. The van der Waals surface area contributed by atoms with Gasteiger partial charge in [-0.15, -0.1) is 0 Å². The minimum Gasteiger partial charge on any atom is -0.349 e. The molecule has 4 amide bonds. The first-order valence-corrected chi connectivity index (χ1v) is 11.7. The molecular formula is C26H25ClFN5O3. The Morgan fingerprint density at radius 2 is 1.64 bits per heavy atom. The van der Waals surface area contributed by atoms with Crippen LogP contribution in [0.25, 0.3) is 0 Å². The van der Waals surface area contributed by atoms with E-state index >= 15 is 0 Å². The molecule has 1 aliphatic heterocycles. The number of anilines is 1. The van der Waals surface area contributed by atoms with Gasteiger partial charge >= 0.3 is 6.03 Å². The van der Waals surface area contributed by atoms with Gasteiger partial charge < -0.3 is 21.3 Å². The van der Waals surface area contributed by atoms with Crippen LogP contribution in [-0.4, -0.2) is 46.9 Å². The number of nitrogens with one attached hydrogen (secondary N) is 2. The van der Waals surface area contributed by atoms with Gasteiger partial charge in [0.05, 0.1) is 0 Å². The van der Waals surface area contributed by atoms with E-state index in [1.54, 1.807) is 24.3 Å². The van der Waals surface area contributed by atoms with Gasteiger partial charge in [0.2, 0.25) is 0 Å². The van der Waals surface area contributed by atoms with Crippen molar-refractivity contribution in [1.82, 2.24) is 15.1 Å². The molecule has 0 spiro atoms. The van der Waals surface area contributed by atoms with E-state index in [9.17, 15) is 18.8 Å². The zero-order chi connectivity index (χ0) is 25.7. The number of amides is 4. The average Bonchev–Trinajstić information content (AvgIpc) is 3.34. The summed E-state index contributed by atoms with van der Waals surface area (Å²) in [5.74, 6) is -1.67. The van der Waals surface area contributed by atoms with Crippen LogP contribution in [0.3, 0.4) is 0 Å². The molecule has 0 radical (unpaired) electrons. The molecule has 10 heteroatoms. The van der Waals surface area contributed by atoms with Gasteiger partial charge in [-0.05, 0) is 53.6 Å². The van der Waals surface area contributed by atoms with Crippen molar-refractivity contribution in [2.24, 2.45) is 5.73 Å². The monoisotopic (exact) mass is 509 g/mol. The Morgan fingerprint density at radius 3 is 2.36 bits per heavy atom. The minimum absolute atomic E-state index is 0.0865. The Balaban J connectivity index is 1.56. The van der Waals surface area contributed by atoms with Gasteiger partial charge in [-0.2, -0.15) is 0 Å². The molecule has 1 saturated heterocycles. The molecule has 1 fully saturated rings. The number of rotatable bonds is 6. The largest absolute Gasteiger partial charge is 0.349 e. The first-order chi connectivity index (χ1) is 17.4.